The molecule has 3 heteroatoms. The van der Waals surface area contributed by atoms with E-state index in [4.69, 9.17) is 9.84 Å². The molecule has 0 aliphatic heterocycles. The van der Waals surface area contributed by atoms with Crippen molar-refractivity contribution >= 4 is 5.97 Å². The highest BCUT2D eigenvalue weighted by Crippen LogP contribution is 2.28. The first kappa shape index (κ1) is 12.7. The Balaban J connectivity index is 3.16. The summed E-state index contributed by atoms with van der Waals surface area (Å²) in [4.78, 5) is 10.9. The maximum Gasteiger partial charge on any atom is 0.308 e. The van der Waals surface area contributed by atoms with Crippen LogP contribution in [0, 0.1) is 6.61 Å². The average Bonchev–Trinajstić information content (AvgIpc) is 2.14. The lowest BCUT2D eigenvalue weighted by Gasteiger charge is -2.20. The number of hydrogen-bond donors (Lipinski definition) is 1. The maximum absolute atomic E-state index is 10.9. The summed E-state index contributed by atoms with van der Waals surface area (Å²) in [5.41, 5.74) is 1.57. The molecule has 16 heavy (non-hydrogen) atoms. The van der Waals surface area contributed by atoms with Gasteiger partial charge >= 0.3 is 5.97 Å². The third-order valence-electron chi connectivity index (χ3n) is 2.21. The van der Waals surface area contributed by atoms with Gasteiger partial charge in [0.2, 0.25) is 0 Å². The van der Waals surface area contributed by atoms with E-state index in [1.165, 1.54) is 6.92 Å². The minimum Gasteiger partial charge on any atom is -0.427 e. The lowest BCUT2D eigenvalue weighted by molar-refractivity contribution is -0.131. The molecule has 0 aromatic heterocycles. The van der Waals surface area contributed by atoms with E-state index in [2.05, 4.69) is 20.8 Å². The van der Waals surface area contributed by atoms with Gasteiger partial charge in [-0.2, -0.15) is 0 Å². The van der Waals surface area contributed by atoms with Gasteiger partial charge in [0.15, 0.2) is 0 Å². The van der Waals surface area contributed by atoms with Crippen LogP contribution in [0.2, 0.25) is 0 Å². The molecule has 1 rings (SSSR count). The van der Waals surface area contributed by atoms with E-state index in [0.717, 1.165) is 12.2 Å². The fourth-order valence-electron chi connectivity index (χ4n) is 1.35. The molecule has 0 amide bonds. The summed E-state index contributed by atoms with van der Waals surface area (Å²) < 4.78 is 5.02. The van der Waals surface area contributed by atoms with Crippen LogP contribution in [-0.2, 0) is 10.2 Å². The van der Waals surface area contributed by atoms with Gasteiger partial charge in [-0.15, -0.1) is 0 Å². The van der Waals surface area contributed by atoms with E-state index >= 15 is 0 Å². The molecule has 1 radical (unpaired) electrons. The highest BCUT2D eigenvalue weighted by molar-refractivity contribution is 5.69. The van der Waals surface area contributed by atoms with E-state index in [1.54, 1.807) is 6.07 Å². The van der Waals surface area contributed by atoms with Crippen LogP contribution in [0.3, 0.4) is 0 Å². The molecule has 0 unspecified atom stereocenters. The van der Waals surface area contributed by atoms with Gasteiger partial charge in [0.05, 0.1) is 0 Å². The topological polar surface area (TPSA) is 46.5 Å². The zero-order valence-corrected chi connectivity index (χ0v) is 10.1. The van der Waals surface area contributed by atoms with Crippen molar-refractivity contribution in [2.45, 2.75) is 33.1 Å². The number of aliphatic hydroxyl groups is 1. The molecule has 1 aromatic carbocycles. The van der Waals surface area contributed by atoms with Crippen molar-refractivity contribution in [1.29, 1.82) is 0 Å². The van der Waals surface area contributed by atoms with Crippen LogP contribution in [0.1, 0.15) is 38.8 Å². The summed E-state index contributed by atoms with van der Waals surface area (Å²) in [5.74, 6) is 0.0928. The van der Waals surface area contributed by atoms with Crippen LogP contribution in [-0.4, -0.2) is 11.1 Å². The summed E-state index contributed by atoms with van der Waals surface area (Å²) in [6.45, 7) is 8.53. The van der Waals surface area contributed by atoms with Crippen molar-refractivity contribution in [2.75, 3.05) is 0 Å². The molecule has 0 saturated heterocycles. The summed E-state index contributed by atoms with van der Waals surface area (Å²) in [6, 6.07) is 5.30. The maximum atomic E-state index is 10.9. The second kappa shape index (κ2) is 4.66. The van der Waals surface area contributed by atoms with E-state index in [9.17, 15) is 4.79 Å². The first-order chi connectivity index (χ1) is 7.32. The van der Waals surface area contributed by atoms with Gasteiger partial charge in [-0.3, -0.25) is 4.79 Å². The average molecular weight is 221 g/mol. The van der Waals surface area contributed by atoms with E-state index in [1.807, 2.05) is 12.1 Å². The van der Waals surface area contributed by atoms with E-state index < -0.39 is 0 Å². The van der Waals surface area contributed by atoms with Crippen LogP contribution in [0.25, 0.3) is 0 Å². The number of carbonyl (C=O) groups is 1. The summed E-state index contributed by atoms with van der Waals surface area (Å²) in [7, 11) is 0. The molecular formula is C13H17O3. The zero-order valence-electron chi connectivity index (χ0n) is 10.1. The number of aliphatic hydroxyl groups excluding tert-OH is 1. The monoisotopic (exact) mass is 221 g/mol. The van der Waals surface area contributed by atoms with Crippen LogP contribution < -0.4 is 4.74 Å². The predicted molar refractivity (Wildman–Crippen MR) is 61.8 cm³/mol. The summed E-state index contributed by atoms with van der Waals surface area (Å²) >= 11 is 0. The number of benzene rings is 1. The van der Waals surface area contributed by atoms with Gasteiger partial charge in [0, 0.05) is 6.92 Å². The third kappa shape index (κ3) is 3.35. The third-order valence-corrected chi connectivity index (χ3v) is 2.21. The van der Waals surface area contributed by atoms with Crippen LogP contribution in [0.15, 0.2) is 18.2 Å². The van der Waals surface area contributed by atoms with Gasteiger partial charge < -0.3 is 9.84 Å². The van der Waals surface area contributed by atoms with Crippen molar-refractivity contribution in [1.82, 2.24) is 0 Å². The molecule has 87 valence electrons. The van der Waals surface area contributed by atoms with Gasteiger partial charge in [-0.1, -0.05) is 26.8 Å². The van der Waals surface area contributed by atoms with E-state index in [0.29, 0.717) is 11.3 Å². The fraction of sp³-hybridized carbons (Fsp3) is 0.385. The van der Waals surface area contributed by atoms with Crippen molar-refractivity contribution in [2.24, 2.45) is 0 Å². The largest absolute Gasteiger partial charge is 0.427 e. The highest BCUT2D eigenvalue weighted by atomic mass is 16.5. The van der Waals surface area contributed by atoms with Crippen molar-refractivity contribution in [3.05, 3.63) is 35.9 Å². The fourth-order valence-corrected chi connectivity index (χ4v) is 1.35. The molecule has 3 nitrogen and oxygen atoms in total. The SMILES string of the molecule is CC(=O)Oc1cc([CH]O)cc(C(C)(C)C)c1. The van der Waals surface area contributed by atoms with Gasteiger partial charge in [0.25, 0.3) is 0 Å². The van der Waals surface area contributed by atoms with Crippen molar-refractivity contribution in [3.8, 4) is 5.75 Å². The minimum absolute atomic E-state index is 0.0616. The van der Waals surface area contributed by atoms with Crippen molar-refractivity contribution < 1.29 is 14.6 Å². The second-order valence-electron chi connectivity index (χ2n) is 4.76. The molecule has 1 aromatic rings. The number of ether oxygens (including phenoxy) is 1. The molecule has 1 N–H and O–H groups in total. The van der Waals surface area contributed by atoms with Crippen molar-refractivity contribution in [3.63, 3.8) is 0 Å². The molecule has 0 heterocycles. The molecule has 0 saturated carbocycles. The van der Waals surface area contributed by atoms with Gasteiger partial charge in [-0.25, -0.2) is 0 Å². The number of carbonyl (C=O) groups excluding carboxylic acids is 1. The molecule has 0 bridgehead atoms. The van der Waals surface area contributed by atoms with Crippen LogP contribution in [0.4, 0.5) is 0 Å². The Labute approximate surface area is 96.1 Å². The minimum atomic E-state index is -0.366. The first-order valence-electron chi connectivity index (χ1n) is 5.14. The predicted octanol–water partition coefficient (Wildman–Crippen LogP) is 2.79. The Morgan fingerprint density at radius 2 is 1.94 bits per heavy atom. The Morgan fingerprint density at radius 1 is 1.31 bits per heavy atom. The normalized spacial score (nSPS) is 11.3. The Kier molecular flexibility index (Phi) is 3.70. The van der Waals surface area contributed by atoms with E-state index in [-0.39, 0.29) is 11.4 Å². The van der Waals surface area contributed by atoms with Crippen LogP contribution >= 0.6 is 0 Å². The molecule has 0 aliphatic carbocycles. The zero-order chi connectivity index (χ0) is 12.3. The van der Waals surface area contributed by atoms with Gasteiger partial charge in [0.1, 0.15) is 12.4 Å². The Morgan fingerprint density at radius 3 is 2.38 bits per heavy atom. The first-order valence-corrected chi connectivity index (χ1v) is 5.14. The standard InChI is InChI=1S/C13H17O3/c1-9(15)16-12-6-10(8-14)5-11(7-12)13(2,3)4/h5-8,14H,1-4H3. The Hall–Kier alpha value is -1.35. The van der Waals surface area contributed by atoms with Crippen LogP contribution in [0.5, 0.6) is 5.75 Å². The number of esters is 1. The molecule has 0 aliphatic rings. The Bertz CT molecular complexity index is 389. The quantitative estimate of drug-likeness (QED) is 0.617. The lowest BCUT2D eigenvalue weighted by Crippen LogP contribution is -2.12. The number of rotatable bonds is 2. The summed E-state index contributed by atoms with van der Waals surface area (Å²) in [5, 5.41) is 9.02. The molecular weight excluding hydrogens is 204 g/mol. The number of hydrogen-bond acceptors (Lipinski definition) is 3. The summed E-state index contributed by atoms with van der Waals surface area (Å²) in [6.07, 6.45) is 0. The lowest BCUT2D eigenvalue weighted by atomic mass is 9.86. The van der Waals surface area contributed by atoms with Gasteiger partial charge in [-0.05, 0) is 28.7 Å². The smallest absolute Gasteiger partial charge is 0.308 e. The molecule has 0 spiro atoms. The highest BCUT2D eigenvalue weighted by Gasteiger charge is 2.16. The molecule has 0 atom stereocenters. The second-order valence-corrected chi connectivity index (χ2v) is 4.76. The molecule has 0 fully saturated rings.